The molecule has 26 heavy (non-hydrogen) atoms. The molecule has 0 aromatic rings. The monoisotopic (exact) mass is 368 g/mol. The molecular formula is C18H32N4O4. The number of hydrogen-bond acceptors (Lipinski definition) is 5. The van der Waals surface area contributed by atoms with Crippen molar-refractivity contribution >= 4 is 17.9 Å². The number of rotatable bonds is 1. The van der Waals surface area contributed by atoms with E-state index in [1.807, 2.05) is 27.7 Å². The molecule has 0 atom stereocenters. The standard InChI is InChI=1S/C18H32N4O4/c1-6-26-16(25)21-9-7-20(8-10-21)14(23)15(24)22-17(2,3)11-13(19)12-18(22,4)5/h13H,6-12,19H2,1-5H3. The van der Waals surface area contributed by atoms with Crippen molar-refractivity contribution in [1.82, 2.24) is 14.7 Å². The van der Waals surface area contributed by atoms with Gasteiger partial charge in [-0.1, -0.05) is 0 Å². The molecule has 0 aliphatic carbocycles. The molecule has 0 saturated carbocycles. The number of piperidine rings is 1. The Bertz CT molecular complexity index is 550. The molecule has 0 bridgehead atoms. The highest BCUT2D eigenvalue weighted by atomic mass is 16.6. The van der Waals surface area contributed by atoms with Crippen LogP contribution in [0.3, 0.4) is 0 Å². The first-order valence-electron chi connectivity index (χ1n) is 9.30. The van der Waals surface area contributed by atoms with Crippen molar-refractivity contribution in [2.24, 2.45) is 5.73 Å². The Labute approximate surface area is 155 Å². The largest absolute Gasteiger partial charge is 0.450 e. The summed E-state index contributed by atoms with van der Waals surface area (Å²) in [5.74, 6) is -0.999. The Balaban J connectivity index is 2.06. The van der Waals surface area contributed by atoms with Crippen molar-refractivity contribution in [1.29, 1.82) is 0 Å². The second kappa shape index (κ2) is 7.42. The third kappa shape index (κ3) is 4.11. The van der Waals surface area contributed by atoms with E-state index < -0.39 is 22.9 Å². The normalized spacial score (nSPS) is 22.9. The van der Waals surface area contributed by atoms with Gasteiger partial charge in [0.05, 0.1) is 6.61 Å². The van der Waals surface area contributed by atoms with Crippen molar-refractivity contribution < 1.29 is 19.1 Å². The van der Waals surface area contributed by atoms with Gasteiger partial charge in [0, 0.05) is 43.3 Å². The van der Waals surface area contributed by atoms with Gasteiger partial charge in [0.1, 0.15) is 0 Å². The van der Waals surface area contributed by atoms with E-state index in [2.05, 4.69) is 0 Å². The molecule has 8 nitrogen and oxygen atoms in total. The summed E-state index contributed by atoms with van der Waals surface area (Å²) in [6.45, 7) is 11.3. The topological polar surface area (TPSA) is 96.2 Å². The molecule has 2 saturated heterocycles. The predicted molar refractivity (Wildman–Crippen MR) is 97.4 cm³/mol. The van der Waals surface area contributed by atoms with Crippen LogP contribution in [-0.2, 0) is 14.3 Å². The fourth-order valence-electron chi connectivity index (χ4n) is 4.44. The van der Waals surface area contributed by atoms with Crippen LogP contribution >= 0.6 is 0 Å². The lowest BCUT2D eigenvalue weighted by Gasteiger charge is -2.54. The van der Waals surface area contributed by atoms with Crippen LogP contribution in [0.2, 0.25) is 0 Å². The SMILES string of the molecule is CCOC(=O)N1CCN(C(=O)C(=O)N2C(C)(C)CC(N)CC2(C)C)CC1. The molecule has 0 spiro atoms. The van der Waals surface area contributed by atoms with E-state index in [0.29, 0.717) is 45.6 Å². The zero-order chi connectivity index (χ0) is 19.7. The van der Waals surface area contributed by atoms with E-state index in [0.717, 1.165) is 0 Å². The fraction of sp³-hybridized carbons (Fsp3) is 0.833. The average Bonchev–Trinajstić information content (AvgIpc) is 2.51. The van der Waals surface area contributed by atoms with Crippen LogP contribution in [-0.4, -0.2) is 82.5 Å². The summed E-state index contributed by atoms with van der Waals surface area (Å²) in [6, 6.07) is 0.00674. The smallest absolute Gasteiger partial charge is 0.409 e. The number of piperazine rings is 1. The van der Waals surface area contributed by atoms with Crippen molar-refractivity contribution in [2.75, 3.05) is 32.8 Å². The molecule has 2 aliphatic heterocycles. The Kier molecular flexibility index (Phi) is 5.85. The summed E-state index contributed by atoms with van der Waals surface area (Å²) in [6.07, 6.45) is 0.941. The first-order valence-corrected chi connectivity index (χ1v) is 9.30. The van der Waals surface area contributed by atoms with Crippen LogP contribution in [0.5, 0.6) is 0 Å². The van der Waals surface area contributed by atoms with Crippen molar-refractivity contribution in [3.05, 3.63) is 0 Å². The van der Waals surface area contributed by atoms with Crippen LogP contribution in [0.15, 0.2) is 0 Å². The zero-order valence-electron chi connectivity index (χ0n) is 16.6. The molecule has 8 heteroatoms. The molecule has 2 fully saturated rings. The molecule has 148 valence electrons. The number of nitrogens with two attached hydrogens (primary N) is 1. The highest BCUT2D eigenvalue weighted by molar-refractivity contribution is 6.35. The Morgan fingerprint density at radius 2 is 1.38 bits per heavy atom. The summed E-state index contributed by atoms with van der Waals surface area (Å²) < 4.78 is 4.98. The maximum atomic E-state index is 13.0. The van der Waals surface area contributed by atoms with Crippen LogP contribution in [0.1, 0.15) is 47.5 Å². The van der Waals surface area contributed by atoms with Crippen molar-refractivity contribution in [3.63, 3.8) is 0 Å². The minimum absolute atomic E-state index is 0.00674. The molecule has 0 unspecified atom stereocenters. The van der Waals surface area contributed by atoms with Crippen LogP contribution in [0, 0.1) is 0 Å². The van der Waals surface area contributed by atoms with E-state index in [-0.39, 0.29) is 12.1 Å². The van der Waals surface area contributed by atoms with Gasteiger partial charge in [0.15, 0.2) is 0 Å². The summed E-state index contributed by atoms with van der Waals surface area (Å²) in [5, 5.41) is 0. The molecule has 3 amide bonds. The van der Waals surface area contributed by atoms with Crippen molar-refractivity contribution in [3.8, 4) is 0 Å². The second-order valence-corrected chi connectivity index (χ2v) is 8.41. The summed E-state index contributed by atoms with van der Waals surface area (Å²) >= 11 is 0. The average molecular weight is 368 g/mol. The van der Waals surface area contributed by atoms with Gasteiger partial charge in [0.25, 0.3) is 0 Å². The number of ether oxygens (including phenoxy) is 1. The Hall–Kier alpha value is -1.83. The third-order valence-electron chi connectivity index (χ3n) is 5.21. The van der Waals surface area contributed by atoms with E-state index in [4.69, 9.17) is 10.5 Å². The van der Waals surface area contributed by atoms with Crippen LogP contribution < -0.4 is 5.73 Å². The molecule has 2 rings (SSSR count). The lowest BCUT2D eigenvalue weighted by atomic mass is 9.77. The Morgan fingerprint density at radius 1 is 0.923 bits per heavy atom. The fourth-order valence-corrected chi connectivity index (χ4v) is 4.44. The molecular weight excluding hydrogens is 336 g/mol. The predicted octanol–water partition coefficient (Wildman–Crippen LogP) is 0.794. The number of nitrogens with zero attached hydrogens (tertiary/aromatic N) is 3. The first-order chi connectivity index (χ1) is 12.0. The van der Waals surface area contributed by atoms with Gasteiger partial charge < -0.3 is 25.2 Å². The minimum atomic E-state index is -0.509. The summed E-state index contributed by atoms with van der Waals surface area (Å²) in [4.78, 5) is 42.4. The maximum absolute atomic E-state index is 13.0. The number of carbonyl (C=O) groups is 3. The van der Waals surface area contributed by atoms with E-state index in [1.165, 1.54) is 4.90 Å². The van der Waals surface area contributed by atoms with E-state index in [9.17, 15) is 14.4 Å². The molecule has 0 aromatic carbocycles. The van der Waals surface area contributed by atoms with Gasteiger partial charge >= 0.3 is 17.9 Å². The van der Waals surface area contributed by atoms with E-state index >= 15 is 0 Å². The lowest BCUT2D eigenvalue weighted by molar-refractivity contribution is -0.164. The highest BCUT2D eigenvalue weighted by Gasteiger charge is 2.49. The zero-order valence-corrected chi connectivity index (χ0v) is 16.6. The molecule has 2 N–H and O–H groups in total. The number of carbonyl (C=O) groups excluding carboxylic acids is 3. The number of amides is 3. The number of hydrogen-bond donors (Lipinski definition) is 1. The first kappa shape index (κ1) is 20.5. The van der Waals surface area contributed by atoms with E-state index in [1.54, 1.807) is 16.7 Å². The Morgan fingerprint density at radius 3 is 1.85 bits per heavy atom. The quantitative estimate of drug-likeness (QED) is 0.691. The maximum Gasteiger partial charge on any atom is 0.409 e. The molecule has 2 heterocycles. The van der Waals surface area contributed by atoms with Gasteiger partial charge in [-0.15, -0.1) is 0 Å². The molecule has 0 aromatic heterocycles. The van der Waals surface area contributed by atoms with Gasteiger partial charge in [-0.05, 0) is 47.5 Å². The van der Waals surface area contributed by atoms with Gasteiger partial charge in [-0.3, -0.25) is 9.59 Å². The summed E-state index contributed by atoms with van der Waals surface area (Å²) in [7, 11) is 0. The van der Waals surface area contributed by atoms with Gasteiger partial charge in [-0.25, -0.2) is 4.79 Å². The molecule has 0 radical (unpaired) electrons. The minimum Gasteiger partial charge on any atom is -0.450 e. The number of likely N-dealkylation sites (tertiary alicyclic amines) is 1. The highest BCUT2D eigenvalue weighted by Crippen LogP contribution is 2.38. The van der Waals surface area contributed by atoms with Crippen LogP contribution in [0.25, 0.3) is 0 Å². The third-order valence-corrected chi connectivity index (χ3v) is 5.21. The molecule has 2 aliphatic rings. The van der Waals surface area contributed by atoms with Crippen LogP contribution in [0.4, 0.5) is 4.79 Å². The van der Waals surface area contributed by atoms with Gasteiger partial charge in [0.2, 0.25) is 0 Å². The van der Waals surface area contributed by atoms with Gasteiger partial charge in [-0.2, -0.15) is 0 Å². The summed E-state index contributed by atoms with van der Waals surface area (Å²) in [5.41, 5.74) is 5.18. The second-order valence-electron chi connectivity index (χ2n) is 8.41. The van der Waals surface area contributed by atoms with Crippen molar-refractivity contribution in [2.45, 2.75) is 64.6 Å². The lowest BCUT2D eigenvalue weighted by Crippen LogP contribution is -2.68.